The third-order valence-corrected chi connectivity index (χ3v) is 5.03. The summed E-state index contributed by atoms with van der Waals surface area (Å²) in [4.78, 5) is 26.2. The molecule has 4 nitrogen and oxygen atoms in total. The fourth-order valence-corrected chi connectivity index (χ4v) is 3.66. The summed E-state index contributed by atoms with van der Waals surface area (Å²) in [7, 11) is 0. The van der Waals surface area contributed by atoms with Crippen LogP contribution in [0.4, 0.5) is 4.79 Å². The van der Waals surface area contributed by atoms with Crippen molar-refractivity contribution in [2.75, 3.05) is 6.61 Å². The Hall–Kier alpha value is -3.14. The van der Waals surface area contributed by atoms with Crippen LogP contribution in [0.15, 0.2) is 72.8 Å². The number of aryl methyl sites for hydroxylation is 1. The molecular weight excluding hydrogens is 338 g/mol. The lowest BCUT2D eigenvalue weighted by Gasteiger charge is -2.19. The standard InChI is InChI=1S/C23H21NO3/c25-22(14-13-19-12-11-18-9-5-2-6-10-21(18)19)24-20(16-27-23(24)26)15-17-7-3-1-4-8-17/h1-12,20H,13-16H2/t20-/m0/s1. The van der Waals surface area contributed by atoms with Gasteiger partial charge in [-0.1, -0.05) is 72.8 Å². The number of cyclic esters (lactones) is 1. The van der Waals surface area contributed by atoms with Crippen LogP contribution in [0.3, 0.4) is 0 Å². The van der Waals surface area contributed by atoms with Crippen LogP contribution in [0.2, 0.25) is 0 Å². The quantitative estimate of drug-likeness (QED) is 0.682. The van der Waals surface area contributed by atoms with Gasteiger partial charge in [-0.2, -0.15) is 0 Å². The van der Waals surface area contributed by atoms with Crippen LogP contribution < -0.4 is 0 Å². The zero-order valence-electron chi connectivity index (χ0n) is 15.0. The first kappa shape index (κ1) is 17.3. The Morgan fingerprint density at radius 2 is 1.70 bits per heavy atom. The van der Waals surface area contributed by atoms with Gasteiger partial charge in [0.15, 0.2) is 0 Å². The van der Waals surface area contributed by atoms with Gasteiger partial charge in [0, 0.05) is 6.42 Å². The van der Waals surface area contributed by atoms with E-state index in [1.807, 2.05) is 48.5 Å². The van der Waals surface area contributed by atoms with Crippen molar-refractivity contribution in [1.82, 2.24) is 4.90 Å². The summed E-state index contributed by atoms with van der Waals surface area (Å²) >= 11 is 0. The number of carbonyl (C=O) groups excluding carboxylic acids is 2. The number of ether oxygens (including phenoxy) is 1. The van der Waals surface area contributed by atoms with Gasteiger partial charge >= 0.3 is 6.09 Å². The molecule has 1 heterocycles. The van der Waals surface area contributed by atoms with Gasteiger partial charge in [-0.05, 0) is 35.1 Å². The molecule has 27 heavy (non-hydrogen) atoms. The summed E-state index contributed by atoms with van der Waals surface area (Å²) in [5, 5.41) is 0. The van der Waals surface area contributed by atoms with Crippen LogP contribution in [0.25, 0.3) is 11.1 Å². The number of fused-ring (bicyclic) bond motifs is 1. The summed E-state index contributed by atoms with van der Waals surface area (Å²) in [6.07, 6.45) is 0.986. The van der Waals surface area contributed by atoms with E-state index in [9.17, 15) is 9.59 Å². The normalized spacial score (nSPS) is 16.5. The second kappa shape index (κ2) is 7.62. The molecule has 2 aliphatic carbocycles. The summed E-state index contributed by atoms with van der Waals surface area (Å²) in [5.74, 6) is -0.173. The fraction of sp³-hybridized carbons (Fsp3) is 0.217. The molecule has 0 saturated carbocycles. The van der Waals surface area contributed by atoms with Crippen molar-refractivity contribution in [1.29, 1.82) is 0 Å². The SMILES string of the molecule is O=C(CCc1ccc2cccccc1-2)N1C(=O)OC[C@@H]1Cc1ccccc1. The van der Waals surface area contributed by atoms with Crippen LogP contribution in [0.1, 0.15) is 17.5 Å². The van der Waals surface area contributed by atoms with Crippen LogP contribution in [-0.4, -0.2) is 29.5 Å². The molecule has 3 aliphatic rings. The highest BCUT2D eigenvalue weighted by Crippen LogP contribution is 2.28. The molecule has 1 saturated heterocycles. The monoisotopic (exact) mass is 359 g/mol. The maximum absolute atomic E-state index is 12.8. The molecule has 1 aromatic rings. The van der Waals surface area contributed by atoms with E-state index in [1.54, 1.807) is 0 Å². The molecule has 1 atom stereocenters. The van der Waals surface area contributed by atoms with Crippen molar-refractivity contribution in [2.45, 2.75) is 25.3 Å². The van der Waals surface area contributed by atoms with E-state index in [-0.39, 0.29) is 25.0 Å². The van der Waals surface area contributed by atoms with Crippen LogP contribution >= 0.6 is 0 Å². The number of amides is 2. The van der Waals surface area contributed by atoms with Crippen molar-refractivity contribution in [3.05, 3.63) is 83.9 Å². The lowest BCUT2D eigenvalue weighted by molar-refractivity contribution is -0.129. The molecule has 4 rings (SSSR count). The maximum Gasteiger partial charge on any atom is 0.416 e. The predicted octanol–water partition coefficient (Wildman–Crippen LogP) is 4.31. The molecule has 0 radical (unpaired) electrons. The zero-order valence-corrected chi connectivity index (χ0v) is 15.0. The molecule has 4 heteroatoms. The molecule has 1 aromatic carbocycles. The first-order chi connectivity index (χ1) is 13.2. The second-order valence-electron chi connectivity index (χ2n) is 6.82. The summed E-state index contributed by atoms with van der Waals surface area (Å²) in [6.45, 7) is 0.259. The number of imide groups is 1. The Labute approximate surface area is 158 Å². The molecule has 0 bridgehead atoms. The van der Waals surface area contributed by atoms with Crippen molar-refractivity contribution in [3.8, 4) is 11.1 Å². The molecule has 2 amide bonds. The van der Waals surface area contributed by atoms with E-state index in [0.29, 0.717) is 12.8 Å². The minimum absolute atomic E-state index is 0.173. The molecule has 1 aliphatic heterocycles. The largest absolute Gasteiger partial charge is 0.447 e. The van der Waals surface area contributed by atoms with E-state index >= 15 is 0 Å². The van der Waals surface area contributed by atoms with Gasteiger partial charge in [0.2, 0.25) is 5.91 Å². The summed E-state index contributed by atoms with van der Waals surface area (Å²) < 4.78 is 5.16. The summed E-state index contributed by atoms with van der Waals surface area (Å²) in [5.41, 5.74) is 4.53. The second-order valence-corrected chi connectivity index (χ2v) is 6.82. The minimum atomic E-state index is -0.528. The molecule has 0 aromatic heterocycles. The Morgan fingerprint density at radius 3 is 2.52 bits per heavy atom. The highest BCUT2D eigenvalue weighted by atomic mass is 16.6. The van der Waals surface area contributed by atoms with E-state index < -0.39 is 6.09 Å². The van der Waals surface area contributed by atoms with E-state index in [4.69, 9.17) is 4.74 Å². The lowest BCUT2D eigenvalue weighted by atomic mass is 10.0. The maximum atomic E-state index is 12.8. The van der Waals surface area contributed by atoms with Crippen LogP contribution in [-0.2, 0) is 22.4 Å². The minimum Gasteiger partial charge on any atom is -0.447 e. The average Bonchev–Trinajstić information content (AvgIpc) is 3.15. The molecule has 0 N–H and O–H groups in total. The predicted molar refractivity (Wildman–Crippen MR) is 104 cm³/mol. The van der Waals surface area contributed by atoms with Crippen molar-refractivity contribution in [3.63, 3.8) is 0 Å². The number of benzene rings is 1. The third kappa shape index (κ3) is 3.70. The molecule has 136 valence electrons. The molecule has 0 spiro atoms. The average molecular weight is 359 g/mol. The first-order valence-corrected chi connectivity index (χ1v) is 9.22. The lowest BCUT2D eigenvalue weighted by Crippen LogP contribution is -2.40. The van der Waals surface area contributed by atoms with Crippen LogP contribution in [0, 0.1) is 0 Å². The van der Waals surface area contributed by atoms with Gasteiger partial charge < -0.3 is 4.74 Å². The van der Waals surface area contributed by atoms with Gasteiger partial charge in [0.1, 0.15) is 6.61 Å². The van der Waals surface area contributed by atoms with E-state index in [0.717, 1.165) is 22.3 Å². The van der Waals surface area contributed by atoms with Gasteiger partial charge in [-0.3, -0.25) is 4.79 Å². The number of hydrogen-bond acceptors (Lipinski definition) is 3. The van der Waals surface area contributed by atoms with E-state index in [1.165, 1.54) is 4.90 Å². The van der Waals surface area contributed by atoms with E-state index in [2.05, 4.69) is 24.3 Å². The number of nitrogens with zero attached hydrogens (tertiary/aromatic N) is 1. The summed E-state index contributed by atoms with van der Waals surface area (Å²) in [6, 6.07) is 23.9. The first-order valence-electron chi connectivity index (χ1n) is 9.22. The number of carbonyl (C=O) groups is 2. The highest BCUT2D eigenvalue weighted by Gasteiger charge is 2.37. The molecular formula is C23H21NO3. The Kier molecular flexibility index (Phi) is 4.88. The Balaban J connectivity index is 1.44. The zero-order chi connectivity index (χ0) is 18.6. The van der Waals surface area contributed by atoms with Gasteiger partial charge in [0.05, 0.1) is 6.04 Å². The van der Waals surface area contributed by atoms with Gasteiger partial charge in [-0.25, -0.2) is 9.69 Å². The Morgan fingerprint density at radius 1 is 0.963 bits per heavy atom. The van der Waals surface area contributed by atoms with Gasteiger partial charge in [-0.15, -0.1) is 0 Å². The topological polar surface area (TPSA) is 46.6 Å². The molecule has 0 unspecified atom stereocenters. The third-order valence-electron chi connectivity index (χ3n) is 5.03. The number of rotatable bonds is 5. The van der Waals surface area contributed by atoms with Crippen molar-refractivity contribution in [2.24, 2.45) is 0 Å². The van der Waals surface area contributed by atoms with Gasteiger partial charge in [0.25, 0.3) is 0 Å². The van der Waals surface area contributed by atoms with Crippen LogP contribution in [0.5, 0.6) is 0 Å². The van der Waals surface area contributed by atoms with Crippen molar-refractivity contribution < 1.29 is 14.3 Å². The highest BCUT2D eigenvalue weighted by molar-refractivity contribution is 5.93. The molecule has 1 fully saturated rings. The fourth-order valence-electron chi connectivity index (χ4n) is 3.66. The van der Waals surface area contributed by atoms with Crippen molar-refractivity contribution >= 4 is 12.0 Å². The Bertz CT molecular complexity index is 922. The smallest absolute Gasteiger partial charge is 0.416 e. The number of hydrogen-bond donors (Lipinski definition) is 0.